The molecular formula is C39H58FN9O6S. The topological polar surface area (TPSA) is 145 Å². The smallest absolute Gasteiger partial charge is 0.410 e. The normalized spacial score (nSPS) is 23.6. The predicted molar refractivity (Wildman–Crippen MR) is 208 cm³/mol. The highest BCUT2D eigenvalue weighted by Crippen LogP contribution is 2.45. The molecule has 0 aliphatic carbocycles. The first kappa shape index (κ1) is 40.5. The van der Waals surface area contributed by atoms with E-state index in [9.17, 15) is 22.4 Å². The lowest BCUT2D eigenvalue weighted by Crippen LogP contribution is -2.61. The third-order valence-electron chi connectivity index (χ3n) is 12.1. The Morgan fingerprint density at radius 3 is 2.29 bits per heavy atom. The number of fused-ring (bicyclic) bond motifs is 2. The summed E-state index contributed by atoms with van der Waals surface area (Å²) in [4.78, 5) is 38.8. The monoisotopic (exact) mass is 799 g/mol. The summed E-state index contributed by atoms with van der Waals surface area (Å²) in [6.07, 6.45) is 5.42. The molecule has 2 bridgehead atoms. The summed E-state index contributed by atoms with van der Waals surface area (Å²) in [7, 11) is -3.60. The van der Waals surface area contributed by atoms with Crippen molar-refractivity contribution < 1.29 is 31.9 Å². The number of halogens is 1. The second-order valence-corrected chi connectivity index (χ2v) is 19.9. The number of likely N-dealkylation sites (tertiary alicyclic amines) is 2. The van der Waals surface area contributed by atoms with E-state index in [0.717, 1.165) is 58.4 Å². The molecule has 7 rings (SSSR count). The molecule has 5 aliphatic rings. The van der Waals surface area contributed by atoms with Crippen LogP contribution >= 0.6 is 0 Å². The van der Waals surface area contributed by atoms with Crippen molar-refractivity contribution in [3.8, 4) is 11.6 Å². The van der Waals surface area contributed by atoms with Gasteiger partial charge in [-0.3, -0.25) is 4.79 Å². The Kier molecular flexibility index (Phi) is 11.3. The number of hydrogen-bond donors (Lipinski definition) is 0. The van der Waals surface area contributed by atoms with Crippen LogP contribution in [0.3, 0.4) is 0 Å². The quantitative estimate of drug-likeness (QED) is 0.332. The molecule has 2 amide bonds. The van der Waals surface area contributed by atoms with E-state index in [1.807, 2.05) is 48.5 Å². The molecule has 2 aromatic rings. The Bertz CT molecular complexity index is 1860. The molecule has 0 N–H and O–H groups in total. The number of piperazine rings is 1. The van der Waals surface area contributed by atoms with Crippen molar-refractivity contribution in [3.05, 3.63) is 35.9 Å². The van der Waals surface area contributed by atoms with Gasteiger partial charge in [0.25, 0.3) is 22.0 Å². The number of carbonyl (C=O) groups is 2. The third-order valence-corrected chi connectivity index (χ3v) is 14.2. The lowest BCUT2D eigenvalue weighted by Gasteiger charge is -2.54. The van der Waals surface area contributed by atoms with Crippen molar-refractivity contribution in [3.63, 3.8) is 0 Å². The number of benzene rings is 1. The Hall–Kier alpha value is -3.67. The zero-order chi connectivity index (χ0) is 40.2. The molecule has 308 valence electrons. The van der Waals surface area contributed by atoms with Gasteiger partial charge in [-0.1, -0.05) is 0 Å². The number of amides is 2. The van der Waals surface area contributed by atoms with E-state index in [1.54, 1.807) is 18.4 Å². The minimum absolute atomic E-state index is 0.0917. The van der Waals surface area contributed by atoms with Crippen LogP contribution in [0.25, 0.3) is 0 Å². The molecule has 6 heterocycles. The van der Waals surface area contributed by atoms with Crippen LogP contribution in [0.1, 0.15) is 90.9 Å². The highest BCUT2D eigenvalue weighted by molar-refractivity contribution is 7.86. The summed E-state index contributed by atoms with van der Waals surface area (Å²) in [5.74, 6) is 0.511. The minimum atomic E-state index is -3.60. The molecule has 0 unspecified atom stereocenters. The molecule has 1 aromatic heterocycles. The van der Waals surface area contributed by atoms with Crippen molar-refractivity contribution in [2.24, 2.45) is 11.3 Å². The van der Waals surface area contributed by atoms with Crippen LogP contribution in [0, 0.1) is 17.2 Å². The van der Waals surface area contributed by atoms with Crippen LogP contribution in [-0.4, -0.2) is 148 Å². The number of ether oxygens (including phenoxy) is 2. The van der Waals surface area contributed by atoms with E-state index in [-0.39, 0.29) is 58.8 Å². The first-order chi connectivity index (χ1) is 26.4. The zero-order valence-electron chi connectivity index (χ0n) is 33.9. The largest absolute Gasteiger partial charge is 0.444 e. The molecule has 0 radical (unpaired) electrons. The van der Waals surface area contributed by atoms with Gasteiger partial charge in [-0.15, -0.1) is 10.2 Å². The van der Waals surface area contributed by atoms with Crippen LogP contribution in [0.4, 0.5) is 15.0 Å². The Labute approximate surface area is 330 Å². The predicted octanol–water partition coefficient (Wildman–Crippen LogP) is 4.61. The number of rotatable bonds is 10. The van der Waals surface area contributed by atoms with Crippen LogP contribution in [0.5, 0.6) is 11.6 Å². The zero-order valence-corrected chi connectivity index (χ0v) is 34.7. The highest BCUT2D eigenvalue weighted by atomic mass is 32.2. The minimum Gasteiger partial charge on any atom is -0.444 e. The van der Waals surface area contributed by atoms with Crippen molar-refractivity contribution in [2.45, 2.75) is 110 Å². The average molecular weight is 800 g/mol. The van der Waals surface area contributed by atoms with Gasteiger partial charge >= 0.3 is 6.09 Å². The number of nitrogens with zero attached hydrogens (tertiary/aromatic N) is 9. The van der Waals surface area contributed by atoms with Gasteiger partial charge in [0.2, 0.25) is 0 Å². The fraction of sp³-hybridized carbons (Fsp3) is 0.718. The van der Waals surface area contributed by atoms with Gasteiger partial charge in [-0.2, -0.15) is 17.0 Å². The fourth-order valence-electron chi connectivity index (χ4n) is 9.34. The standard InChI is InChI=1S/C39H58FN9O6S/c1-26(2)49(27(3)4)36(50)32-18-29(40)8-9-33(32)54-35-34(41-25-42-43-35)45-23-39(24-45)12-16-44(17-13-39)20-28-10-14-46(15-11-28)56(52,53)48-22-30-19-31(48)21-47(30)37(51)55-38(5,6)7/h8-9,18,25-28,30-31H,10-17,19-24H2,1-7H3/t30-,31-/m0/s1. The third kappa shape index (κ3) is 8.32. The summed E-state index contributed by atoms with van der Waals surface area (Å²) in [5, 5.41) is 8.19. The van der Waals surface area contributed by atoms with Gasteiger partial charge in [0.1, 0.15) is 23.5 Å². The number of anilines is 1. The van der Waals surface area contributed by atoms with E-state index in [4.69, 9.17) is 9.47 Å². The first-order valence-electron chi connectivity index (χ1n) is 20.1. The second-order valence-electron chi connectivity index (χ2n) is 18.0. The van der Waals surface area contributed by atoms with Crippen LogP contribution in [0.15, 0.2) is 24.5 Å². The van der Waals surface area contributed by atoms with Gasteiger partial charge in [0.05, 0.1) is 11.6 Å². The Morgan fingerprint density at radius 2 is 1.68 bits per heavy atom. The van der Waals surface area contributed by atoms with Gasteiger partial charge in [-0.05, 0) is 118 Å². The van der Waals surface area contributed by atoms with Gasteiger partial charge < -0.3 is 29.1 Å². The number of carbonyl (C=O) groups excluding carboxylic acids is 2. The van der Waals surface area contributed by atoms with Crippen molar-refractivity contribution in [1.82, 2.24) is 38.5 Å². The van der Waals surface area contributed by atoms with Crippen LogP contribution in [0.2, 0.25) is 0 Å². The van der Waals surface area contributed by atoms with Crippen molar-refractivity contribution in [1.29, 1.82) is 0 Å². The Morgan fingerprint density at radius 1 is 1.00 bits per heavy atom. The second kappa shape index (κ2) is 15.6. The molecule has 5 fully saturated rings. The SMILES string of the molecule is CC(C)N(C(=O)c1cc(F)ccc1Oc1nncnc1N1CC2(CCN(CC3CCN(S(=O)(=O)N4C[C@@H]5C[C@H]4CN5C(=O)OC(C)(C)C)CC3)CC2)C1)C(C)C. The van der Waals surface area contributed by atoms with E-state index in [1.165, 1.54) is 24.5 Å². The molecule has 1 aromatic carbocycles. The van der Waals surface area contributed by atoms with Gasteiger partial charge in [0.15, 0.2) is 5.82 Å². The van der Waals surface area contributed by atoms with Crippen LogP contribution < -0.4 is 9.64 Å². The van der Waals surface area contributed by atoms with E-state index < -0.39 is 21.6 Å². The van der Waals surface area contributed by atoms with Crippen LogP contribution in [-0.2, 0) is 14.9 Å². The molecule has 1 spiro atoms. The van der Waals surface area contributed by atoms with E-state index in [0.29, 0.717) is 44.3 Å². The summed E-state index contributed by atoms with van der Waals surface area (Å²) in [6.45, 7) is 19.5. The summed E-state index contributed by atoms with van der Waals surface area (Å²) < 4.78 is 56.9. The van der Waals surface area contributed by atoms with Crippen molar-refractivity contribution in [2.75, 3.05) is 63.8 Å². The molecule has 0 saturated carbocycles. The molecule has 56 heavy (non-hydrogen) atoms. The average Bonchev–Trinajstić information content (AvgIpc) is 3.74. The lowest BCUT2D eigenvalue weighted by molar-refractivity contribution is 0.0169. The maximum absolute atomic E-state index is 14.4. The van der Waals surface area contributed by atoms with E-state index in [2.05, 4.69) is 25.0 Å². The molecule has 5 saturated heterocycles. The summed E-state index contributed by atoms with van der Waals surface area (Å²) in [6, 6.07) is 3.40. The van der Waals surface area contributed by atoms with E-state index >= 15 is 0 Å². The van der Waals surface area contributed by atoms with Gasteiger partial charge in [-0.25, -0.2) is 14.2 Å². The Balaban J connectivity index is 0.884. The number of piperidine rings is 2. The molecular weight excluding hydrogens is 742 g/mol. The van der Waals surface area contributed by atoms with Crippen molar-refractivity contribution >= 4 is 28.0 Å². The summed E-state index contributed by atoms with van der Waals surface area (Å²) in [5.41, 5.74) is -0.320. The number of aromatic nitrogens is 3. The summed E-state index contributed by atoms with van der Waals surface area (Å²) >= 11 is 0. The maximum atomic E-state index is 14.4. The highest BCUT2D eigenvalue weighted by Gasteiger charge is 2.52. The fourth-order valence-corrected chi connectivity index (χ4v) is 11.2. The molecule has 2 atom stereocenters. The molecule has 17 heteroatoms. The molecule has 5 aliphatic heterocycles. The first-order valence-corrected chi connectivity index (χ1v) is 21.5. The van der Waals surface area contributed by atoms with Gasteiger partial charge in [0, 0.05) is 69.4 Å². The maximum Gasteiger partial charge on any atom is 0.410 e. The number of hydrogen-bond acceptors (Lipinski definition) is 11. The lowest BCUT2D eigenvalue weighted by atomic mass is 9.72. The molecule has 15 nitrogen and oxygen atoms in total.